The van der Waals surface area contributed by atoms with Crippen LogP contribution < -0.4 is 5.73 Å². The summed E-state index contributed by atoms with van der Waals surface area (Å²) in [5.74, 6) is -0.178. The molecule has 0 saturated heterocycles. The van der Waals surface area contributed by atoms with Gasteiger partial charge in [-0.15, -0.1) is 0 Å². The third-order valence-corrected chi connectivity index (χ3v) is 3.21. The van der Waals surface area contributed by atoms with Crippen LogP contribution in [0.4, 0.5) is 4.39 Å². The fraction of sp³-hybridized carbons (Fsp3) is 0.250. The number of nitrogens with two attached hydrogens (primary N) is 1. The summed E-state index contributed by atoms with van der Waals surface area (Å²) >= 11 is 0. The van der Waals surface area contributed by atoms with Gasteiger partial charge in [0.1, 0.15) is 5.82 Å². The SMILES string of the molecule is Cc1ccc(C(N)CCc2ccccc2)cc1F. The molecule has 0 amide bonds. The Kier molecular flexibility index (Phi) is 4.11. The molecule has 0 radical (unpaired) electrons. The van der Waals surface area contributed by atoms with Crippen molar-refractivity contribution in [2.45, 2.75) is 25.8 Å². The van der Waals surface area contributed by atoms with E-state index in [1.807, 2.05) is 24.3 Å². The molecule has 1 atom stereocenters. The fourth-order valence-electron chi connectivity index (χ4n) is 1.97. The van der Waals surface area contributed by atoms with Crippen molar-refractivity contribution in [3.63, 3.8) is 0 Å². The Balaban J connectivity index is 1.99. The van der Waals surface area contributed by atoms with E-state index in [9.17, 15) is 4.39 Å². The van der Waals surface area contributed by atoms with Crippen LogP contribution in [0.5, 0.6) is 0 Å². The van der Waals surface area contributed by atoms with Crippen LogP contribution in [0.2, 0.25) is 0 Å². The quantitative estimate of drug-likeness (QED) is 0.869. The fourth-order valence-corrected chi connectivity index (χ4v) is 1.97. The molecule has 0 heterocycles. The lowest BCUT2D eigenvalue weighted by atomic mass is 9.99. The Hall–Kier alpha value is -1.67. The Morgan fingerprint density at radius 3 is 2.50 bits per heavy atom. The van der Waals surface area contributed by atoms with Gasteiger partial charge in [0.05, 0.1) is 0 Å². The third-order valence-electron chi connectivity index (χ3n) is 3.21. The predicted octanol–water partition coefficient (Wildman–Crippen LogP) is 3.77. The van der Waals surface area contributed by atoms with Crippen LogP contribution in [-0.2, 0) is 6.42 Å². The summed E-state index contributed by atoms with van der Waals surface area (Å²) in [6, 6.07) is 15.3. The second-order valence-corrected chi connectivity index (χ2v) is 4.64. The van der Waals surface area contributed by atoms with E-state index in [1.165, 1.54) is 5.56 Å². The molecule has 0 aliphatic rings. The summed E-state index contributed by atoms with van der Waals surface area (Å²) in [5, 5.41) is 0. The van der Waals surface area contributed by atoms with Crippen molar-refractivity contribution in [2.75, 3.05) is 0 Å². The minimum absolute atomic E-state index is 0.111. The monoisotopic (exact) mass is 243 g/mol. The van der Waals surface area contributed by atoms with E-state index in [2.05, 4.69) is 12.1 Å². The van der Waals surface area contributed by atoms with Gasteiger partial charge in [0.25, 0.3) is 0 Å². The number of rotatable bonds is 4. The van der Waals surface area contributed by atoms with Gasteiger partial charge in [0.2, 0.25) is 0 Å². The maximum atomic E-state index is 13.4. The molecule has 0 spiro atoms. The molecule has 18 heavy (non-hydrogen) atoms. The predicted molar refractivity (Wildman–Crippen MR) is 72.8 cm³/mol. The summed E-state index contributed by atoms with van der Waals surface area (Å²) < 4.78 is 13.4. The first-order chi connectivity index (χ1) is 8.66. The average Bonchev–Trinajstić information content (AvgIpc) is 2.40. The maximum absolute atomic E-state index is 13.4. The van der Waals surface area contributed by atoms with Gasteiger partial charge in [0, 0.05) is 6.04 Å². The highest BCUT2D eigenvalue weighted by Gasteiger charge is 2.08. The zero-order valence-corrected chi connectivity index (χ0v) is 10.6. The van der Waals surface area contributed by atoms with E-state index in [-0.39, 0.29) is 11.9 Å². The molecule has 0 fully saturated rings. The Bertz CT molecular complexity index is 508. The lowest BCUT2D eigenvalue weighted by molar-refractivity contribution is 0.602. The van der Waals surface area contributed by atoms with Crippen molar-refractivity contribution >= 4 is 0 Å². The van der Waals surface area contributed by atoms with Crippen molar-refractivity contribution in [3.05, 3.63) is 71.0 Å². The number of hydrogen-bond donors (Lipinski definition) is 1. The number of benzene rings is 2. The van der Waals surface area contributed by atoms with Crippen LogP contribution >= 0.6 is 0 Å². The normalized spacial score (nSPS) is 12.4. The lowest BCUT2D eigenvalue weighted by Crippen LogP contribution is -2.11. The molecule has 0 aliphatic carbocycles. The van der Waals surface area contributed by atoms with E-state index in [0.717, 1.165) is 18.4 Å². The zero-order chi connectivity index (χ0) is 13.0. The van der Waals surface area contributed by atoms with Crippen LogP contribution in [0.3, 0.4) is 0 Å². The topological polar surface area (TPSA) is 26.0 Å². The summed E-state index contributed by atoms with van der Waals surface area (Å²) in [4.78, 5) is 0. The summed E-state index contributed by atoms with van der Waals surface area (Å²) in [6.07, 6.45) is 1.74. The zero-order valence-electron chi connectivity index (χ0n) is 10.6. The molecule has 0 bridgehead atoms. The number of aryl methyl sites for hydroxylation is 2. The highest BCUT2D eigenvalue weighted by atomic mass is 19.1. The lowest BCUT2D eigenvalue weighted by Gasteiger charge is -2.12. The molecule has 94 valence electrons. The van der Waals surface area contributed by atoms with E-state index < -0.39 is 0 Å². The van der Waals surface area contributed by atoms with Gasteiger partial charge in [-0.05, 0) is 42.5 Å². The van der Waals surface area contributed by atoms with Crippen LogP contribution in [-0.4, -0.2) is 0 Å². The van der Waals surface area contributed by atoms with Gasteiger partial charge in [0.15, 0.2) is 0 Å². The molecule has 1 nitrogen and oxygen atoms in total. The molecule has 0 aromatic heterocycles. The minimum atomic E-state index is -0.178. The minimum Gasteiger partial charge on any atom is -0.324 e. The van der Waals surface area contributed by atoms with Gasteiger partial charge in [-0.25, -0.2) is 4.39 Å². The molecule has 2 N–H and O–H groups in total. The van der Waals surface area contributed by atoms with Gasteiger partial charge in [-0.3, -0.25) is 0 Å². The van der Waals surface area contributed by atoms with E-state index in [0.29, 0.717) is 5.56 Å². The first-order valence-electron chi connectivity index (χ1n) is 6.22. The molecule has 0 aliphatic heterocycles. The van der Waals surface area contributed by atoms with E-state index in [4.69, 9.17) is 5.73 Å². The molecular formula is C16H18FN. The van der Waals surface area contributed by atoms with Crippen LogP contribution in [0.25, 0.3) is 0 Å². The van der Waals surface area contributed by atoms with Gasteiger partial charge < -0.3 is 5.73 Å². The van der Waals surface area contributed by atoms with E-state index >= 15 is 0 Å². The number of hydrogen-bond acceptors (Lipinski definition) is 1. The second kappa shape index (κ2) is 5.78. The van der Waals surface area contributed by atoms with Crippen molar-refractivity contribution in [1.82, 2.24) is 0 Å². The van der Waals surface area contributed by atoms with Gasteiger partial charge in [-0.2, -0.15) is 0 Å². The Labute approximate surface area is 107 Å². The van der Waals surface area contributed by atoms with Crippen LogP contribution in [0, 0.1) is 12.7 Å². The van der Waals surface area contributed by atoms with Crippen LogP contribution in [0.1, 0.15) is 29.2 Å². The van der Waals surface area contributed by atoms with Crippen molar-refractivity contribution in [2.24, 2.45) is 5.73 Å². The average molecular weight is 243 g/mol. The number of halogens is 1. The van der Waals surface area contributed by atoms with Crippen LogP contribution in [0.15, 0.2) is 48.5 Å². The summed E-state index contributed by atoms with van der Waals surface area (Å²) in [5.41, 5.74) is 8.89. The summed E-state index contributed by atoms with van der Waals surface area (Å²) in [6.45, 7) is 1.76. The smallest absolute Gasteiger partial charge is 0.126 e. The highest BCUT2D eigenvalue weighted by molar-refractivity contribution is 5.26. The van der Waals surface area contributed by atoms with E-state index in [1.54, 1.807) is 19.1 Å². The van der Waals surface area contributed by atoms with Gasteiger partial charge >= 0.3 is 0 Å². The third kappa shape index (κ3) is 3.17. The molecule has 2 rings (SSSR count). The van der Waals surface area contributed by atoms with Crippen molar-refractivity contribution < 1.29 is 4.39 Å². The molecule has 0 saturated carbocycles. The molecule has 2 heteroatoms. The molecule has 2 aromatic carbocycles. The Morgan fingerprint density at radius 2 is 1.83 bits per heavy atom. The molecular weight excluding hydrogens is 225 g/mol. The molecule has 2 aromatic rings. The van der Waals surface area contributed by atoms with Crippen molar-refractivity contribution in [3.8, 4) is 0 Å². The maximum Gasteiger partial charge on any atom is 0.126 e. The largest absolute Gasteiger partial charge is 0.324 e. The van der Waals surface area contributed by atoms with Gasteiger partial charge in [-0.1, -0.05) is 42.5 Å². The second-order valence-electron chi connectivity index (χ2n) is 4.64. The first kappa shape index (κ1) is 12.8. The van der Waals surface area contributed by atoms with Crippen molar-refractivity contribution in [1.29, 1.82) is 0 Å². The summed E-state index contributed by atoms with van der Waals surface area (Å²) in [7, 11) is 0. The first-order valence-corrected chi connectivity index (χ1v) is 6.22. The Morgan fingerprint density at radius 1 is 1.11 bits per heavy atom. The highest BCUT2D eigenvalue weighted by Crippen LogP contribution is 2.19. The standard InChI is InChI=1S/C16H18FN/c1-12-7-9-14(11-15(12)17)16(18)10-8-13-5-3-2-4-6-13/h2-7,9,11,16H,8,10,18H2,1H3. The molecule has 1 unspecified atom stereocenters.